The van der Waals surface area contributed by atoms with E-state index in [-0.39, 0.29) is 21.7 Å². The molecule has 0 radical (unpaired) electrons. The van der Waals surface area contributed by atoms with Gasteiger partial charge in [0.2, 0.25) is 0 Å². The SMILES string of the molecule is F.Nc1ncnc2c1ncn2C1O[C@H](COP(=O)(O)OP(=O)(O)OP(=O)(O)O)[C@@H](O)[C@H]1O. The zero-order chi connectivity index (χ0) is 23.2. The van der Waals surface area contributed by atoms with Crippen LogP contribution in [-0.4, -0.2) is 74.2 Å². The number of hydrogen-bond acceptors (Lipinski definition) is 13. The van der Waals surface area contributed by atoms with E-state index in [4.69, 9.17) is 25.2 Å². The molecule has 2 aromatic rings. The molecule has 6 atom stereocenters. The Hall–Kier alpha value is -1.43. The average molecular weight is 527 g/mol. The molecule has 1 aliphatic heterocycles. The van der Waals surface area contributed by atoms with E-state index in [9.17, 15) is 28.8 Å². The highest BCUT2D eigenvalue weighted by Crippen LogP contribution is 2.66. The highest BCUT2D eigenvalue weighted by atomic mass is 31.3. The monoisotopic (exact) mass is 527 g/mol. The Morgan fingerprint density at radius 3 is 2.31 bits per heavy atom. The lowest BCUT2D eigenvalue weighted by molar-refractivity contribution is -0.0503. The number of anilines is 1. The zero-order valence-electron chi connectivity index (χ0n) is 15.3. The van der Waals surface area contributed by atoms with E-state index in [2.05, 4.69) is 28.1 Å². The molecule has 3 heterocycles. The lowest BCUT2D eigenvalue weighted by Crippen LogP contribution is -2.33. The van der Waals surface area contributed by atoms with Gasteiger partial charge in [-0.2, -0.15) is 8.62 Å². The minimum Gasteiger partial charge on any atom is -0.387 e. The van der Waals surface area contributed by atoms with Gasteiger partial charge in [0.1, 0.15) is 30.2 Å². The third-order valence-electron chi connectivity index (χ3n) is 3.82. The maximum absolute atomic E-state index is 11.8. The highest BCUT2D eigenvalue weighted by Gasteiger charge is 2.47. The summed E-state index contributed by atoms with van der Waals surface area (Å²) in [7, 11) is -16.7. The normalized spacial score (nSPS) is 27.6. The van der Waals surface area contributed by atoms with Crippen LogP contribution in [0.5, 0.6) is 0 Å². The van der Waals surface area contributed by atoms with Gasteiger partial charge in [0.25, 0.3) is 0 Å². The molecule has 2 aromatic heterocycles. The van der Waals surface area contributed by atoms with Crippen LogP contribution in [0.15, 0.2) is 12.7 Å². The number of aromatic nitrogens is 4. The summed E-state index contributed by atoms with van der Waals surface area (Å²) in [5, 5.41) is 20.4. The standard InChI is InChI=1S/C10H16N5O13P3.FH/c11-8-5-9(13-2-12-8)15(3-14-5)10-7(17)6(16)4(26-10)1-25-30(21,22)28-31(23,24)27-29(18,19)20;/h2-4,6-7,10,16-17H,1H2,(H,21,22)(H,23,24)(H2,11,12,13)(H2,18,19,20);1H/t4-,6-,7-,10?;/m1./s1. The number of aliphatic hydroxyl groups excluding tert-OH is 2. The fraction of sp³-hybridized carbons (Fsp3) is 0.500. The Bertz CT molecular complexity index is 1110. The second-order valence-electron chi connectivity index (χ2n) is 6.02. The third kappa shape index (κ3) is 6.12. The van der Waals surface area contributed by atoms with Gasteiger partial charge < -0.3 is 40.3 Å². The number of nitrogens with zero attached hydrogens (tertiary/aromatic N) is 4. The lowest BCUT2D eigenvalue weighted by atomic mass is 10.1. The number of rotatable bonds is 8. The highest BCUT2D eigenvalue weighted by molar-refractivity contribution is 7.66. The molecule has 22 heteroatoms. The largest absolute Gasteiger partial charge is 0.490 e. The van der Waals surface area contributed by atoms with Gasteiger partial charge >= 0.3 is 23.5 Å². The number of aliphatic hydroxyl groups is 2. The molecule has 1 saturated heterocycles. The molecule has 0 amide bonds. The number of imidazole rings is 1. The van der Waals surface area contributed by atoms with Crippen molar-refractivity contribution in [3.63, 3.8) is 0 Å². The Morgan fingerprint density at radius 1 is 1.03 bits per heavy atom. The molecule has 3 unspecified atom stereocenters. The fourth-order valence-electron chi connectivity index (χ4n) is 2.62. The summed E-state index contributed by atoms with van der Waals surface area (Å²) in [4.78, 5) is 47.2. The zero-order valence-corrected chi connectivity index (χ0v) is 18.0. The fourth-order valence-corrected chi connectivity index (χ4v) is 5.65. The number of phosphoric ester groups is 1. The van der Waals surface area contributed by atoms with Crippen LogP contribution in [0.2, 0.25) is 0 Å². The van der Waals surface area contributed by atoms with Crippen LogP contribution in [0, 0.1) is 0 Å². The van der Waals surface area contributed by atoms with Gasteiger partial charge in [-0.15, -0.1) is 0 Å². The summed E-state index contributed by atoms with van der Waals surface area (Å²) in [5.41, 5.74) is 6.00. The minimum atomic E-state index is -5.70. The smallest absolute Gasteiger partial charge is 0.387 e. The number of nitrogens with two attached hydrogens (primary N) is 1. The van der Waals surface area contributed by atoms with Gasteiger partial charge in [0, 0.05) is 0 Å². The third-order valence-corrected chi connectivity index (χ3v) is 7.62. The molecule has 1 fully saturated rings. The van der Waals surface area contributed by atoms with E-state index in [1.54, 1.807) is 0 Å². The molecule has 32 heavy (non-hydrogen) atoms. The van der Waals surface area contributed by atoms with Crippen molar-refractivity contribution in [3.05, 3.63) is 12.7 Å². The number of halogens is 1. The number of fused-ring (bicyclic) bond motifs is 1. The van der Waals surface area contributed by atoms with E-state index in [0.29, 0.717) is 0 Å². The first-order chi connectivity index (χ1) is 14.2. The van der Waals surface area contributed by atoms with Crippen molar-refractivity contribution < 1.29 is 66.1 Å². The number of ether oxygens (including phenoxy) is 1. The Morgan fingerprint density at radius 2 is 1.69 bits per heavy atom. The molecule has 1 aliphatic rings. The van der Waals surface area contributed by atoms with Crippen molar-refractivity contribution in [1.29, 1.82) is 0 Å². The molecular formula is C10H17FN5O13P3. The van der Waals surface area contributed by atoms with Crippen molar-refractivity contribution >= 4 is 40.4 Å². The molecule has 182 valence electrons. The predicted octanol–water partition coefficient (Wildman–Crippen LogP) is -1.48. The number of hydrogen-bond donors (Lipinski definition) is 7. The van der Waals surface area contributed by atoms with Gasteiger partial charge in [-0.1, -0.05) is 0 Å². The Labute approximate surface area is 176 Å². The molecule has 0 saturated carbocycles. The van der Waals surface area contributed by atoms with E-state index in [1.807, 2.05) is 0 Å². The summed E-state index contributed by atoms with van der Waals surface area (Å²) >= 11 is 0. The van der Waals surface area contributed by atoms with Crippen LogP contribution in [-0.2, 0) is 31.6 Å². The van der Waals surface area contributed by atoms with Gasteiger partial charge in [-0.25, -0.2) is 28.6 Å². The van der Waals surface area contributed by atoms with E-state index >= 15 is 0 Å². The summed E-state index contributed by atoms with van der Waals surface area (Å²) in [5.74, 6) is 0.0426. The van der Waals surface area contributed by atoms with E-state index in [1.165, 1.54) is 10.9 Å². The van der Waals surface area contributed by atoms with Crippen LogP contribution in [0.4, 0.5) is 10.5 Å². The van der Waals surface area contributed by atoms with Crippen molar-refractivity contribution in [2.45, 2.75) is 24.5 Å². The Balaban J connectivity index is 0.00000363. The average Bonchev–Trinajstić information content (AvgIpc) is 3.13. The van der Waals surface area contributed by atoms with Crippen molar-refractivity contribution in [2.24, 2.45) is 0 Å². The van der Waals surface area contributed by atoms with Crippen LogP contribution >= 0.6 is 23.5 Å². The van der Waals surface area contributed by atoms with Gasteiger partial charge in [-0.05, 0) is 0 Å². The Kier molecular flexibility index (Phi) is 7.91. The summed E-state index contributed by atoms with van der Waals surface area (Å²) in [6.07, 6.45) is -3.69. The lowest BCUT2D eigenvalue weighted by Gasteiger charge is -2.19. The number of nitrogen functional groups attached to an aromatic ring is 1. The van der Waals surface area contributed by atoms with Crippen molar-refractivity contribution in [2.75, 3.05) is 12.3 Å². The quantitative estimate of drug-likeness (QED) is 0.193. The van der Waals surface area contributed by atoms with Crippen LogP contribution in [0.3, 0.4) is 0 Å². The molecule has 18 nitrogen and oxygen atoms in total. The second-order valence-corrected chi connectivity index (χ2v) is 10.4. The summed E-state index contributed by atoms with van der Waals surface area (Å²) in [6.45, 7) is -0.956. The van der Waals surface area contributed by atoms with Gasteiger partial charge in [-0.3, -0.25) is 13.8 Å². The minimum absolute atomic E-state index is 0. The summed E-state index contributed by atoms with van der Waals surface area (Å²) < 4.78 is 51.9. The predicted molar refractivity (Wildman–Crippen MR) is 98.0 cm³/mol. The molecule has 0 aromatic carbocycles. The maximum Gasteiger partial charge on any atom is 0.490 e. The first-order valence-corrected chi connectivity index (χ1v) is 12.4. The van der Waals surface area contributed by atoms with Gasteiger partial charge in [0.05, 0.1) is 12.9 Å². The summed E-state index contributed by atoms with van der Waals surface area (Å²) in [6, 6.07) is 0. The van der Waals surface area contributed by atoms with E-state index < -0.39 is 54.6 Å². The van der Waals surface area contributed by atoms with Crippen LogP contribution in [0.25, 0.3) is 11.2 Å². The van der Waals surface area contributed by atoms with Crippen LogP contribution < -0.4 is 5.73 Å². The topological polar surface area (TPSA) is 279 Å². The molecule has 3 rings (SSSR count). The first kappa shape index (κ1) is 26.8. The van der Waals surface area contributed by atoms with Crippen molar-refractivity contribution in [1.82, 2.24) is 19.5 Å². The van der Waals surface area contributed by atoms with Crippen molar-refractivity contribution in [3.8, 4) is 0 Å². The molecular weight excluding hydrogens is 510 g/mol. The number of phosphoric acid groups is 3. The molecule has 0 aliphatic carbocycles. The molecule has 8 N–H and O–H groups in total. The second kappa shape index (κ2) is 9.44. The maximum atomic E-state index is 11.8. The first-order valence-electron chi connectivity index (χ1n) is 7.92. The van der Waals surface area contributed by atoms with Gasteiger partial charge in [0.15, 0.2) is 17.7 Å². The van der Waals surface area contributed by atoms with Crippen LogP contribution in [0.1, 0.15) is 6.23 Å². The van der Waals surface area contributed by atoms with E-state index in [0.717, 1.165) is 6.33 Å². The molecule has 0 spiro atoms. The molecule has 0 bridgehead atoms.